The van der Waals surface area contributed by atoms with Gasteiger partial charge in [0.2, 0.25) is 0 Å². The fraction of sp³-hybridized carbons (Fsp3) is 0.500. The van der Waals surface area contributed by atoms with Crippen molar-refractivity contribution >= 4 is 11.6 Å². The molecule has 0 spiro atoms. The molecule has 0 atom stereocenters. The number of aryl methyl sites for hydroxylation is 4. The van der Waals surface area contributed by atoms with E-state index in [0.717, 1.165) is 24.3 Å². The summed E-state index contributed by atoms with van der Waals surface area (Å²) in [5.41, 5.74) is 4.39. The predicted molar refractivity (Wildman–Crippen MR) is 162 cm³/mol. The summed E-state index contributed by atoms with van der Waals surface area (Å²) < 4.78 is 43.2. The zero-order chi connectivity index (χ0) is 28.3. The Bertz CT molecular complexity index is 1170. The van der Waals surface area contributed by atoms with Gasteiger partial charge in [0.15, 0.2) is 0 Å². The summed E-state index contributed by atoms with van der Waals surface area (Å²) in [5.74, 6) is -0.0972. The minimum absolute atomic E-state index is 0.0490. The van der Waals surface area contributed by atoms with Crippen molar-refractivity contribution in [3.05, 3.63) is 105 Å². The van der Waals surface area contributed by atoms with E-state index in [-0.39, 0.29) is 17.0 Å². The molecule has 0 aromatic heterocycles. The van der Waals surface area contributed by atoms with Crippen LogP contribution < -0.4 is 0 Å². The van der Waals surface area contributed by atoms with Crippen molar-refractivity contribution in [2.24, 2.45) is 11.8 Å². The standard InChI is InChI=1S/C36H44ClF3/c1-2-3-4-5-6-26-7-9-27(10-8-26)11-12-28-13-15-29(16-14-28)17-18-31-24-34(38)32(35(39)25-31)21-19-30-20-22-33(37)36(40)23-30/h7-10,20,22-25,28-29H,2-6,11-19,21H2,1H3. The zero-order valence-corrected chi connectivity index (χ0v) is 24.7. The Labute approximate surface area is 244 Å². The molecule has 0 nitrogen and oxygen atoms in total. The second-order valence-corrected chi connectivity index (χ2v) is 12.3. The van der Waals surface area contributed by atoms with E-state index < -0.39 is 17.5 Å². The molecule has 0 amide bonds. The van der Waals surface area contributed by atoms with Crippen LogP contribution in [0.2, 0.25) is 5.02 Å². The quantitative estimate of drug-likeness (QED) is 0.170. The Kier molecular flexibility index (Phi) is 12.0. The SMILES string of the molecule is CCCCCCc1ccc(CCC2CCC(CCc3cc(F)c(CCc4ccc(Cl)c(F)c4)c(F)c3)CC2)cc1. The van der Waals surface area contributed by atoms with Gasteiger partial charge >= 0.3 is 0 Å². The van der Waals surface area contributed by atoms with Crippen molar-refractivity contribution in [1.29, 1.82) is 0 Å². The highest BCUT2D eigenvalue weighted by molar-refractivity contribution is 6.30. The smallest absolute Gasteiger partial charge is 0.142 e. The van der Waals surface area contributed by atoms with E-state index in [4.69, 9.17) is 11.6 Å². The first-order valence-electron chi connectivity index (χ1n) is 15.4. The maximum absolute atomic E-state index is 14.8. The average Bonchev–Trinajstić information content (AvgIpc) is 2.95. The number of benzene rings is 3. The molecule has 0 heterocycles. The van der Waals surface area contributed by atoms with Gasteiger partial charge in [-0.25, -0.2) is 13.2 Å². The first-order valence-corrected chi connectivity index (χ1v) is 15.8. The van der Waals surface area contributed by atoms with E-state index in [0.29, 0.717) is 24.3 Å². The fourth-order valence-electron chi connectivity index (χ4n) is 6.18. The van der Waals surface area contributed by atoms with Gasteiger partial charge in [0.25, 0.3) is 0 Å². The molecular formula is C36H44ClF3. The Balaban J connectivity index is 1.16. The third-order valence-corrected chi connectivity index (χ3v) is 9.15. The third-order valence-electron chi connectivity index (χ3n) is 8.84. The molecule has 4 heteroatoms. The molecular weight excluding hydrogens is 525 g/mol. The molecule has 3 aromatic rings. The molecule has 0 bridgehead atoms. The first kappa shape index (κ1) is 30.7. The van der Waals surface area contributed by atoms with E-state index in [1.54, 1.807) is 6.07 Å². The van der Waals surface area contributed by atoms with E-state index in [1.807, 2.05) is 0 Å². The Hall–Kier alpha value is -2.26. The summed E-state index contributed by atoms with van der Waals surface area (Å²) in [6.45, 7) is 2.25. The van der Waals surface area contributed by atoms with Crippen molar-refractivity contribution < 1.29 is 13.2 Å². The number of halogens is 4. The highest BCUT2D eigenvalue weighted by Crippen LogP contribution is 2.34. The summed E-state index contributed by atoms with van der Waals surface area (Å²) >= 11 is 5.72. The second-order valence-electron chi connectivity index (χ2n) is 11.9. The molecule has 1 aliphatic carbocycles. The van der Waals surface area contributed by atoms with Gasteiger partial charge in [0.1, 0.15) is 17.5 Å². The minimum atomic E-state index is -0.511. The minimum Gasteiger partial charge on any atom is -0.207 e. The van der Waals surface area contributed by atoms with Gasteiger partial charge in [-0.3, -0.25) is 0 Å². The van der Waals surface area contributed by atoms with Crippen molar-refractivity contribution in [3.8, 4) is 0 Å². The highest BCUT2D eigenvalue weighted by Gasteiger charge is 2.21. The lowest BCUT2D eigenvalue weighted by molar-refractivity contribution is 0.253. The summed E-state index contributed by atoms with van der Waals surface area (Å²) in [5, 5.41) is 0.0490. The lowest BCUT2D eigenvalue weighted by atomic mass is 9.77. The summed E-state index contributed by atoms with van der Waals surface area (Å²) in [6.07, 6.45) is 16.0. The highest BCUT2D eigenvalue weighted by atomic mass is 35.5. The summed E-state index contributed by atoms with van der Waals surface area (Å²) in [6, 6.07) is 16.8. The van der Waals surface area contributed by atoms with Gasteiger partial charge in [0.05, 0.1) is 5.02 Å². The van der Waals surface area contributed by atoms with E-state index >= 15 is 0 Å². The van der Waals surface area contributed by atoms with Gasteiger partial charge in [-0.1, -0.05) is 93.8 Å². The largest absolute Gasteiger partial charge is 0.207 e. The van der Waals surface area contributed by atoms with Crippen LogP contribution in [0.4, 0.5) is 13.2 Å². The number of rotatable bonds is 14. The van der Waals surface area contributed by atoms with Crippen molar-refractivity contribution in [3.63, 3.8) is 0 Å². The Morgan fingerprint density at radius 2 is 1.10 bits per heavy atom. The van der Waals surface area contributed by atoms with Crippen LogP contribution in [0.25, 0.3) is 0 Å². The van der Waals surface area contributed by atoms with Crippen LogP contribution in [0.1, 0.15) is 98.9 Å². The average molecular weight is 569 g/mol. The van der Waals surface area contributed by atoms with Crippen molar-refractivity contribution in [1.82, 2.24) is 0 Å². The maximum atomic E-state index is 14.8. The van der Waals surface area contributed by atoms with E-state index in [2.05, 4.69) is 31.2 Å². The van der Waals surface area contributed by atoms with Crippen LogP contribution >= 0.6 is 11.6 Å². The van der Waals surface area contributed by atoms with Gasteiger partial charge in [-0.15, -0.1) is 0 Å². The van der Waals surface area contributed by atoms with Crippen LogP contribution in [-0.2, 0) is 32.1 Å². The van der Waals surface area contributed by atoms with Crippen molar-refractivity contribution in [2.45, 2.75) is 103 Å². The van der Waals surface area contributed by atoms with E-state index in [9.17, 15) is 13.2 Å². The molecule has 1 aliphatic rings. The molecule has 0 aliphatic heterocycles. The normalized spacial score (nSPS) is 17.3. The molecule has 3 aromatic carbocycles. The van der Waals surface area contributed by atoms with Gasteiger partial charge in [-0.05, 0) is 110 Å². The van der Waals surface area contributed by atoms with Crippen LogP contribution in [0.15, 0.2) is 54.6 Å². The Morgan fingerprint density at radius 3 is 1.68 bits per heavy atom. The molecule has 4 rings (SSSR count). The number of hydrogen-bond donors (Lipinski definition) is 0. The van der Waals surface area contributed by atoms with Crippen LogP contribution in [0.5, 0.6) is 0 Å². The summed E-state index contributed by atoms with van der Waals surface area (Å²) in [7, 11) is 0. The Morgan fingerprint density at radius 1 is 0.575 bits per heavy atom. The first-order chi connectivity index (χ1) is 19.4. The third kappa shape index (κ3) is 9.40. The van der Waals surface area contributed by atoms with E-state index in [1.165, 1.54) is 99.6 Å². The molecule has 0 radical (unpaired) electrons. The maximum Gasteiger partial charge on any atom is 0.142 e. The van der Waals surface area contributed by atoms with Crippen LogP contribution in [0, 0.1) is 29.3 Å². The van der Waals surface area contributed by atoms with Crippen LogP contribution in [0.3, 0.4) is 0 Å². The molecule has 1 saturated carbocycles. The molecule has 40 heavy (non-hydrogen) atoms. The molecule has 0 unspecified atom stereocenters. The van der Waals surface area contributed by atoms with Crippen LogP contribution in [-0.4, -0.2) is 0 Å². The predicted octanol–water partition coefficient (Wildman–Crippen LogP) is 11.0. The molecule has 0 N–H and O–H groups in total. The van der Waals surface area contributed by atoms with Crippen molar-refractivity contribution in [2.75, 3.05) is 0 Å². The monoisotopic (exact) mass is 568 g/mol. The lowest BCUT2D eigenvalue weighted by Crippen LogP contribution is -2.16. The fourth-order valence-corrected chi connectivity index (χ4v) is 6.30. The lowest BCUT2D eigenvalue weighted by Gasteiger charge is -2.28. The zero-order valence-electron chi connectivity index (χ0n) is 24.0. The molecule has 216 valence electrons. The second kappa shape index (κ2) is 15.7. The summed E-state index contributed by atoms with van der Waals surface area (Å²) in [4.78, 5) is 0. The topological polar surface area (TPSA) is 0 Å². The molecule has 0 saturated heterocycles. The van der Waals surface area contributed by atoms with Gasteiger partial charge < -0.3 is 0 Å². The number of hydrogen-bond acceptors (Lipinski definition) is 0. The molecule has 1 fully saturated rings. The number of unbranched alkanes of at least 4 members (excludes halogenated alkanes) is 3. The van der Waals surface area contributed by atoms with Gasteiger partial charge in [0, 0.05) is 5.56 Å². The van der Waals surface area contributed by atoms with Gasteiger partial charge in [-0.2, -0.15) is 0 Å².